The number of aliphatic hydroxyl groups is 1. The summed E-state index contributed by atoms with van der Waals surface area (Å²) in [6.07, 6.45) is 3.59. The fourth-order valence-electron chi connectivity index (χ4n) is 2.43. The summed E-state index contributed by atoms with van der Waals surface area (Å²) in [6, 6.07) is 5.53. The predicted octanol–water partition coefficient (Wildman–Crippen LogP) is 2.49. The molecule has 1 saturated carbocycles. The van der Waals surface area contributed by atoms with Crippen molar-refractivity contribution in [3.05, 3.63) is 48.2 Å². The summed E-state index contributed by atoms with van der Waals surface area (Å²) in [5, 5.41) is 13.0. The summed E-state index contributed by atoms with van der Waals surface area (Å²) in [6.45, 7) is 0.346. The highest BCUT2D eigenvalue weighted by Crippen LogP contribution is 2.31. The fraction of sp³-hybridized carbons (Fsp3) is 0.312. The van der Waals surface area contributed by atoms with Gasteiger partial charge in [0.1, 0.15) is 10.7 Å². The van der Waals surface area contributed by atoms with Crippen LogP contribution in [0.4, 0.5) is 20.3 Å². The van der Waals surface area contributed by atoms with Gasteiger partial charge in [0.2, 0.25) is 0 Å². The number of hydrogen-bond donors (Lipinski definition) is 3. The van der Waals surface area contributed by atoms with Gasteiger partial charge in [-0.3, -0.25) is 4.72 Å². The van der Waals surface area contributed by atoms with Gasteiger partial charge in [0.25, 0.3) is 10.0 Å². The number of rotatable bonds is 6. The maximum absolute atomic E-state index is 13.2. The number of hydrogen-bond acceptors (Lipinski definition) is 5. The van der Waals surface area contributed by atoms with E-state index in [4.69, 9.17) is 0 Å². The van der Waals surface area contributed by atoms with E-state index in [2.05, 4.69) is 15.0 Å². The molecule has 1 aromatic carbocycles. The Morgan fingerprint density at radius 3 is 2.48 bits per heavy atom. The highest BCUT2D eigenvalue weighted by atomic mass is 32.2. The molecule has 1 heterocycles. The van der Waals surface area contributed by atoms with Crippen LogP contribution in [-0.4, -0.2) is 30.7 Å². The van der Waals surface area contributed by atoms with Crippen molar-refractivity contribution >= 4 is 21.5 Å². The zero-order valence-electron chi connectivity index (χ0n) is 13.2. The van der Waals surface area contributed by atoms with Crippen molar-refractivity contribution in [2.75, 3.05) is 16.6 Å². The second-order valence-corrected chi connectivity index (χ2v) is 7.73. The molecule has 1 aromatic heterocycles. The van der Waals surface area contributed by atoms with Gasteiger partial charge in [-0.05, 0) is 43.5 Å². The number of sulfonamides is 1. The normalized spacial score (nSPS) is 16.1. The minimum Gasteiger partial charge on any atom is -0.388 e. The number of anilines is 2. The van der Waals surface area contributed by atoms with Gasteiger partial charge in [-0.1, -0.05) is 0 Å². The molecule has 1 fully saturated rings. The van der Waals surface area contributed by atoms with E-state index in [9.17, 15) is 22.3 Å². The second-order valence-electron chi connectivity index (χ2n) is 6.04. The van der Waals surface area contributed by atoms with Crippen molar-refractivity contribution in [3.63, 3.8) is 0 Å². The topological polar surface area (TPSA) is 91.3 Å². The average molecular weight is 369 g/mol. The van der Waals surface area contributed by atoms with Crippen molar-refractivity contribution in [2.24, 2.45) is 0 Å². The molecule has 9 heteroatoms. The number of aromatic nitrogens is 1. The van der Waals surface area contributed by atoms with Crippen LogP contribution in [-0.2, 0) is 10.0 Å². The van der Waals surface area contributed by atoms with Crippen LogP contribution >= 0.6 is 0 Å². The molecule has 134 valence electrons. The van der Waals surface area contributed by atoms with E-state index in [0.29, 0.717) is 12.4 Å². The third-order valence-corrected chi connectivity index (χ3v) is 5.47. The zero-order valence-corrected chi connectivity index (χ0v) is 14.0. The smallest absolute Gasteiger partial charge is 0.263 e. The minimum absolute atomic E-state index is 0.0895. The molecule has 2 aromatic rings. The third kappa shape index (κ3) is 4.05. The van der Waals surface area contributed by atoms with Crippen LogP contribution in [0.2, 0.25) is 0 Å². The molecule has 25 heavy (non-hydrogen) atoms. The van der Waals surface area contributed by atoms with Gasteiger partial charge in [0.05, 0.1) is 11.3 Å². The number of nitrogens with one attached hydrogen (secondary N) is 2. The molecule has 3 rings (SSSR count). The van der Waals surface area contributed by atoms with Gasteiger partial charge in [-0.15, -0.1) is 0 Å². The Kier molecular flexibility index (Phi) is 4.61. The van der Waals surface area contributed by atoms with Crippen LogP contribution in [0.15, 0.2) is 41.4 Å². The van der Waals surface area contributed by atoms with Crippen LogP contribution in [0.3, 0.4) is 0 Å². The van der Waals surface area contributed by atoms with E-state index in [1.807, 2.05) is 0 Å². The molecule has 1 aliphatic carbocycles. The van der Waals surface area contributed by atoms with E-state index in [-0.39, 0.29) is 10.6 Å². The average Bonchev–Trinajstić information content (AvgIpc) is 2.55. The summed E-state index contributed by atoms with van der Waals surface area (Å²) in [4.78, 5) is 3.88. The van der Waals surface area contributed by atoms with Crippen molar-refractivity contribution in [1.82, 2.24) is 4.98 Å². The van der Waals surface area contributed by atoms with Crippen molar-refractivity contribution in [3.8, 4) is 0 Å². The number of pyridine rings is 1. The first-order valence-corrected chi connectivity index (χ1v) is 9.16. The van der Waals surface area contributed by atoms with Gasteiger partial charge < -0.3 is 10.4 Å². The summed E-state index contributed by atoms with van der Waals surface area (Å²) in [7, 11) is -3.98. The Bertz CT molecular complexity index is 869. The second kappa shape index (κ2) is 6.57. The summed E-state index contributed by atoms with van der Waals surface area (Å²) in [5.74, 6) is -1.77. The molecule has 0 spiro atoms. The number of benzene rings is 1. The number of nitrogens with zero attached hydrogens (tertiary/aromatic N) is 1. The maximum Gasteiger partial charge on any atom is 0.263 e. The molecule has 0 aliphatic heterocycles. The van der Waals surface area contributed by atoms with Crippen LogP contribution in [0, 0.1) is 11.6 Å². The first-order valence-electron chi connectivity index (χ1n) is 7.68. The lowest BCUT2D eigenvalue weighted by atomic mass is 9.80. The third-order valence-electron chi connectivity index (χ3n) is 4.10. The quantitative estimate of drug-likeness (QED) is 0.728. The monoisotopic (exact) mass is 369 g/mol. The molecule has 6 nitrogen and oxygen atoms in total. The largest absolute Gasteiger partial charge is 0.388 e. The van der Waals surface area contributed by atoms with Crippen LogP contribution in [0.1, 0.15) is 19.3 Å². The number of halogens is 2. The predicted molar refractivity (Wildman–Crippen MR) is 88.7 cm³/mol. The fourth-order valence-corrected chi connectivity index (χ4v) is 3.43. The Morgan fingerprint density at radius 1 is 1.16 bits per heavy atom. The van der Waals surface area contributed by atoms with Gasteiger partial charge >= 0.3 is 0 Å². The van der Waals surface area contributed by atoms with Crippen molar-refractivity contribution in [1.29, 1.82) is 0 Å². The molecular weight excluding hydrogens is 352 g/mol. The Labute approximate surface area is 144 Å². The lowest BCUT2D eigenvalue weighted by molar-refractivity contribution is -0.0202. The molecule has 0 bridgehead atoms. The molecule has 0 radical (unpaired) electrons. The van der Waals surface area contributed by atoms with Crippen molar-refractivity contribution in [2.45, 2.75) is 29.8 Å². The van der Waals surface area contributed by atoms with Crippen LogP contribution < -0.4 is 10.0 Å². The standard InChI is InChI=1S/C16H17F2N3O3S/c17-13-4-2-11(8-14(13)18)21-25(23,24)12-3-5-15(19-9-12)20-10-16(22)6-1-7-16/h2-5,8-9,21-22H,1,6-7,10H2,(H,19,20). The minimum atomic E-state index is -3.98. The maximum atomic E-state index is 13.2. The van der Waals surface area contributed by atoms with E-state index in [1.165, 1.54) is 12.1 Å². The van der Waals surface area contributed by atoms with Gasteiger partial charge in [0.15, 0.2) is 11.6 Å². The van der Waals surface area contributed by atoms with E-state index in [1.54, 1.807) is 0 Å². The Hall–Kier alpha value is -2.26. The van der Waals surface area contributed by atoms with E-state index < -0.39 is 27.3 Å². The lowest BCUT2D eigenvalue weighted by Gasteiger charge is -2.36. The molecular formula is C16H17F2N3O3S. The van der Waals surface area contributed by atoms with Gasteiger partial charge in [-0.2, -0.15) is 0 Å². The first-order chi connectivity index (χ1) is 11.8. The van der Waals surface area contributed by atoms with Gasteiger partial charge in [-0.25, -0.2) is 22.2 Å². The highest BCUT2D eigenvalue weighted by molar-refractivity contribution is 7.92. The van der Waals surface area contributed by atoms with E-state index in [0.717, 1.165) is 43.7 Å². The lowest BCUT2D eigenvalue weighted by Crippen LogP contribution is -2.43. The Balaban J connectivity index is 1.68. The van der Waals surface area contributed by atoms with Gasteiger partial charge in [0, 0.05) is 18.8 Å². The molecule has 0 amide bonds. The van der Waals surface area contributed by atoms with E-state index >= 15 is 0 Å². The van der Waals surface area contributed by atoms with Crippen molar-refractivity contribution < 1.29 is 22.3 Å². The SMILES string of the molecule is O=S(=O)(Nc1ccc(F)c(F)c1)c1ccc(NCC2(O)CCC2)nc1. The summed E-state index contributed by atoms with van der Waals surface area (Å²) >= 11 is 0. The molecule has 0 unspecified atom stereocenters. The Morgan fingerprint density at radius 2 is 1.92 bits per heavy atom. The summed E-state index contributed by atoms with van der Waals surface area (Å²) < 4.78 is 52.7. The molecule has 0 saturated heterocycles. The first kappa shape index (κ1) is 17.6. The molecule has 0 atom stereocenters. The highest BCUT2D eigenvalue weighted by Gasteiger charge is 2.34. The summed E-state index contributed by atoms with van der Waals surface area (Å²) in [5.41, 5.74) is -0.811. The van der Waals surface area contributed by atoms with Crippen LogP contribution in [0.5, 0.6) is 0 Å². The van der Waals surface area contributed by atoms with Crippen LogP contribution in [0.25, 0.3) is 0 Å². The molecule has 3 N–H and O–H groups in total. The molecule has 1 aliphatic rings. The zero-order chi connectivity index (χ0) is 18.1.